The van der Waals surface area contributed by atoms with Crippen molar-refractivity contribution in [1.82, 2.24) is 14.9 Å². The van der Waals surface area contributed by atoms with Gasteiger partial charge >= 0.3 is 0 Å². The SMILES string of the molecule is C1=CCN(Cc2c[nH]c3ncccc23)C(c2ccc3occcc2-3)C1. The molecule has 0 bridgehead atoms. The Hall–Kier alpha value is -2.85. The molecule has 25 heavy (non-hydrogen) atoms. The Bertz CT molecular complexity index is 1010. The molecule has 124 valence electrons. The smallest absolute Gasteiger partial charge is 0.137 e. The molecule has 0 spiro atoms. The maximum atomic E-state index is 5.63. The average molecular weight is 329 g/mol. The molecule has 1 aliphatic carbocycles. The van der Waals surface area contributed by atoms with Gasteiger partial charge < -0.3 is 9.40 Å². The summed E-state index contributed by atoms with van der Waals surface area (Å²) < 4.78 is 5.63. The molecule has 5 rings (SSSR count). The van der Waals surface area contributed by atoms with Gasteiger partial charge in [-0.25, -0.2) is 4.98 Å². The summed E-state index contributed by atoms with van der Waals surface area (Å²) in [5.74, 6) is 0.961. The van der Waals surface area contributed by atoms with Gasteiger partial charge in [-0.15, -0.1) is 0 Å². The average Bonchev–Trinajstić information content (AvgIpc) is 3.27. The van der Waals surface area contributed by atoms with Crippen LogP contribution in [-0.2, 0) is 6.54 Å². The molecule has 0 saturated carbocycles. The minimum absolute atomic E-state index is 0.363. The van der Waals surface area contributed by atoms with E-state index in [1.165, 1.54) is 22.1 Å². The lowest BCUT2D eigenvalue weighted by Gasteiger charge is -2.33. The third kappa shape index (κ3) is 2.46. The van der Waals surface area contributed by atoms with Gasteiger partial charge in [0.2, 0.25) is 0 Å². The first-order valence-electron chi connectivity index (χ1n) is 8.66. The number of aromatic amines is 1. The summed E-state index contributed by atoms with van der Waals surface area (Å²) in [7, 11) is 0. The van der Waals surface area contributed by atoms with E-state index < -0.39 is 0 Å². The summed E-state index contributed by atoms with van der Waals surface area (Å²) >= 11 is 0. The monoisotopic (exact) mass is 329 g/mol. The number of pyridine rings is 1. The number of aromatic nitrogens is 2. The van der Waals surface area contributed by atoms with E-state index in [1.54, 1.807) is 6.26 Å². The molecule has 0 radical (unpaired) electrons. The Morgan fingerprint density at radius 2 is 2.16 bits per heavy atom. The van der Waals surface area contributed by atoms with Crippen molar-refractivity contribution in [1.29, 1.82) is 0 Å². The van der Waals surface area contributed by atoms with Crippen molar-refractivity contribution >= 4 is 11.0 Å². The minimum Gasteiger partial charge on any atom is -0.464 e. The lowest BCUT2D eigenvalue weighted by atomic mass is 9.97. The third-order valence-corrected chi connectivity index (χ3v) is 5.10. The fraction of sp³-hybridized carbons (Fsp3) is 0.190. The Kier molecular flexibility index (Phi) is 3.42. The number of nitrogens with one attached hydrogen (secondary N) is 1. The minimum atomic E-state index is 0.363. The topological polar surface area (TPSA) is 45.1 Å². The Morgan fingerprint density at radius 1 is 1.16 bits per heavy atom. The number of fused-ring (bicyclic) bond motifs is 2. The zero-order valence-electron chi connectivity index (χ0n) is 13.9. The molecule has 1 atom stereocenters. The van der Waals surface area contributed by atoms with Gasteiger partial charge in [-0.2, -0.15) is 0 Å². The van der Waals surface area contributed by atoms with Crippen molar-refractivity contribution in [2.45, 2.75) is 19.0 Å². The van der Waals surface area contributed by atoms with Crippen LogP contribution in [0.2, 0.25) is 0 Å². The molecule has 0 saturated heterocycles. The number of H-pyrrole nitrogens is 1. The molecular formula is C21H19N3O. The van der Waals surface area contributed by atoms with Crippen LogP contribution < -0.4 is 0 Å². The number of nitrogens with zero attached hydrogens (tertiary/aromatic N) is 2. The predicted octanol–water partition coefficient (Wildman–Crippen LogP) is 4.76. The fourth-order valence-electron chi connectivity index (χ4n) is 3.88. The van der Waals surface area contributed by atoms with E-state index in [0.717, 1.165) is 30.9 Å². The normalized spacial score (nSPS) is 18.3. The van der Waals surface area contributed by atoms with E-state index in [2.05, 4.69) is 57.5 Å². The summed E-state index contributed by atoms with van der Waals surface area (Å²) in [6, 6.07) is 12.9. The van der Waals surface area contributed by atoms with Crippen molar-refractivity contribution in [3.8, 4) is 11.3 Å². The van der Waals surface area contributed by atoms with Crippen LogP contribution in [0.5, 0.6) is 0 Å². The highest BCUT2D eigenvalue weighted by molar-refractivity contribution is 5.79. The van der Waals surface area contributed by atoms with Crippen LogP contribution in [0.1, 0.15) is 23.6 Å². The largest absolute Gasteiger partial charge is 0.464 e. The van der Waals surface area contributed by atoms with E-state index in [0.29, 0.717) is 6.04 Å². The van der Waals surface area contributed by atoms with Gasteiger partial charge in [-0.1, -0.05) is 18.2 Å². The summed E-state index contributed by atoms with van der Waals surface area (Å²) in [5.41, 5.74) is 4.82. The molecule has 1 N–H and O–H groups in total. The van der Waals surface area contributed by atoms with E-state index in [1.807, 2.05) is 18.3 Å². The second-order valence-electron chi connectivity index (χ2n) is 6.55. The molecule has 0 fully saturated rings. The van der Waals surface area contributed by atoms with E-state index in [9.17, 15) is 0 Å². The molecule has 3 aliphatic rings. The van der Waals surface area contributed by atoms with E-state index in [4.69, 9.17) is 4.42 Å². The van der Waals surface area contributed by atoms with Gasteiger partial charge in [0.25, 0.3) is 0 Å². The highest BCUT2D eigenvalue weighted by Gasteiger charge is 2.26. The quantitative estimate of drug-likeness (QED) is 0.551. The number of hydrogen-bond acceptors (Lipinski definition) is 3. The standard InChI is InChI=1S/C21H19N3O/c1-2-11-24(14-15-13-23-21-16(15)5-3-10-22-21)19(7-1)17-8-9-20-18(17)6-4-12-25-20/h1-6,8-10,12-13,19H,7,11,14H2,(H,22,23). The van der Waals surface area contributed by atoms with E-state index >= 15 is 0 Å². The molecule has 2 aromatic rings. The van der Waals surface area contributed by atoms with Gasteiger partial charge in [-0.3, -0.25) is 4.90 Å². The second-order valence-corrected chi connectivity index (χ2v) is 6.55. The molecular weight excluding hydrogens is 310 g/mol. The molecule has 4 nitrogen and oxygen atoms in total. The zero-order chi connectivity index (χ0) is 16.6. The zero-order valence-corrected chi connectivity index (χ0v) is 13.9. The lowest BCUT2D eigenvalue weighted by molar-refractivity contribution is 0.203. The van der Waals surface area contributed by atoms with Crippen LogP contribution in [0.25, 0.3) is 22.4 Å². The van der Waals surface area contributed by atoms with Crippen LogP contribution in [0.3, 0.4) is 0 Å². The van der Waals surface area contributed by atoms with Gasteiger partial charge in [0, 0.05) is 42.5 Å². The Morgan fingerprint density at radius 3 is 3.16 bits per heavy atom. The predicted molar refractivity (Wildman–Crippen MR) is 98.3 cm³/mol. The lowest BCUT2D eigenvalue weighted by Crippen LogP contribution is -2.30. The highest BCUT2D eigenvalue weighted by atomic mass is 16.3. The summed E-state index contributed by atoms with van der Waals surface area (Å²) in [5, 5.41) is 1.21. The van der Waals surface area contributed by atoms with E-state index in [-0.39, 0.29) is 0 Å². The summed E-state index contributed by atoms with van der Waals surface area (Å²) in [6.45, 7) is 1.85. The molecule has 4 heteroatoms. The van der Waals surface area contributed by atoms with Crippen molar-refractivity contribution in [3.63, 3.8) is 0 Å². The Labute approximate surface area is 146 Å². The molecule has 2 aliphatic heterocycles. The Balaban J connectivity index is 1.50. The van der Waals surface area contributed by atoms with Crippen molar-refractivity contribution in [2.24, 2.45) is 0 Å². The molecule has 0 aromatic carbocycles. The molecule has 2 aromatic heterocycles. The van der Waals surface area contributed by atoms with Crippen molar-refractivity contribution < 1.29 is 4.42 Å². The van der Waals surface area contributed by atoms with Crippen LogP contribution >= 0.6 is 0 Å². The number of hydrogen-bond donors (Lipinski definition) is 1. The third-order valence-electron chi connectivity index (χ3n) is 5.10. The van der Waals surface area contributed by atoms with Crippen LogP contribution in [-0.4, -0.2) is 21.4 Å². The van der Waals surface area contributed by atoms with Gasteiger partial charge in [0.15, 0.2) is 0 Å². The first-order chi connectivity index (χ1) is 12.4. The molecule has 0 amide bonds. The van der Waals surface area contributed by atoms with Crippen LogP contribution in [0, 0.1) is 0 Å². The maximum Gasteiger partial charge on any atom is 0.137 e. The van der Waals surface area contributed by atoms with Crippen LogP contribution in [0.4, 0.5) is 0 Å². The summed E-state index contributed by atoms with van der Waals surface area (Å²) in [4.78, 5) is 10.2. The molecule has 1 unspecified atom stereocenters. The number of rotatable bonds is 3. The maximum absolute atomic E-state index is 5.63. The first-order valence-corrected chi connectivity index (χ1v) is 8.66. The second kappa shape index (κ2) is 5.90. The van der Waals surface area contributed by atoms with Gasteiger partial charge in [0.1, 0.15) is 11.4 Å². The van der Waals surface area contributed by atoms with Crippen molar-refractivity contribution in [3.05, 3.63) is 78.3 Å². The highest BCUT2D eigenvalue weighted by Crippen LogP contribution is 2.38. The fourth-order valence-corrected chi connectivity index (χ4v) is 3.88. The van der Waals surface area contributed by atoms with Crippen molar-refractivity contribution in [2.75, 3.05) is 6.54 Å². The summed E-state index contributed by atoms with van der Waals surface area (Å²) in [6.07, 6.45) is 11.2. The van der Waals surface area contributed by atoms with Gasteiger partial charge in [0.05, 0.1) is 6.26 Å². The first kappa shape index (κ1) is 14.5. The molecule has 4 heterocycles. The van der Waals surface area contributed by atoms with Crippen LogP contribution in [0.15, 0.2) is 71.6 Å². The van der Waals surface area contributed by atoms with Gasteiger partial charge in [-0.05, 0) is 47.9 Å².